The van der Waals surface area contributed by atoms with Gasteiger partial charge in [-0.3, -0.25) is 4.79 Å². The lowest BCUT2D eigenvalue weighted by atomic mass is 10.4. The first-order chi connectivity index (χ1) is 5.72. The van der Waals surface area contributed by atoms with Gasteiger partial charge in [0.2, 0.25) is 0 Å². The molecule has 6 nitrogen and oxygen atoms in total. The highest BCUT2D eigenvalue weighted by molar-refractivity contribution is 5.66. The molecule has 0 fully saturated rings. The van der Waals surface area contributed by atoms with Gasteiger partial charge in [0, 0.05) is 6.42 Å². The molecular weight excluding hydrogens is 160 g/mol. The Morgan fingerprint density at radius 1 is 1.67 bits per heavy atom. The normalized spacial score (nSPS) is 10.1. The zero-order valence-electron chi connectivity index (χ0n) is 6.47. The van der Waals surface area contributed by atoms with Gasteiger partial charge in [0.1, 0.15) is 0 Å². The Morgan fingerprint density at radius 2 is 2.42 bits per heavy atom. The third kappa shape index (κ3) is 2.30. The van der Waals surface area contributed by atoms with Crippen LogP contribution in [0.5, 0.6) is 0 Å². The highest BCUT2D eigenvalue weighted by Gasteiger charge is 2.02. The van der Waals surface area contributed by atoms with Gasteiger partial charge in [0.15, 0.2) is 5.82 Å². The van der Waals surface area contributed by atoms with E-state index < -0.39 is 5.97 Å². The first kappa shape index (κ1) is 8.63. The van der Waals surface area contributed by atoms with Crippen LogP contribution in [0, 0.1) is 6.92 Å². The smallest absolute Gasteiger partial charge is 0.305 e. The monoisotopic (exact) mass is 169 g/mol. The van der Waals surface area contributed by atoms with E-state index in [-0.39, 0.29) is 13.0 Å². The van der Waals surface area contributed by atoms with Crippen molar-refractivity contribution in [2.24, 2.45) is 0 Å². The summed E-state index contributed by atoms with van der Waals surface area (Å²) in [5, 5.41) is 19.5. The molecule has 6 heteroatoms. The fourth-order valence-electron chi connectivity index (χ4n) is 0.667. The van der Waals surface area contributed by atoms with Gasteiger partial charge < -0.3 is 5.11 Å². The first-order valence-corrected chi connectivity index (χ1v) is 3.50. The van der Waals surface area contributed by atoms with Crippen molar-refractivity contribution in [1.82, 2.24) is 20.2 Å². The lowest BCUT2D eigenvalue weighted by Gasteiger charge is -1.92. The highest BCUT2D eigenvalue weighted by atomic mass is 16.4. The van der Waals surface area contributed by atoms with E-state index in [2.05, 4.69) is 22.3 Å². The van der Waals surface area contributed by atoms with E-state index in [0.717, 1.165) is 0 Å². The summed E-state index contributed by atoms with van der Waals surface area (Å²) in [6, 6.07) is 0. The topological polar surface area (TPSA) is 80.9 Å². The minimum absolute atomic E-state index is 0.00689. The fourth-order valence-corrected chi connectivity index (χ4v) is 0.667. The molecule has 1 rings (SSSR count). The van der Waals surface area contributed by atoms with E-state index in [0.29, 0.717) is 12.2 Å². The minimum atomic E-state index is -0.872. The fraction of sp³-hybridized carbons (Fsp3) is 0.500. The molecular formula is C6H9N4O2. The third-order valence-corrected chi connectivity index (χ3v) is 1.24. The van der Waals surface area contributed by atoms with Crippen molar-refractivity contribution in [3.05, 3.63) is 12.7 Å². The van der Waals surface area contributed by atoms with Crippen LogP contribution in [0.25, 0.3) is 0 Å². The van der Waals surface area contributed by atoms with Gasteiger partial charge in [-0.25, -0.2) is 0 Å². The molecule has 0 aromatic carbocycles. The third-order valence-electron chi connectivity index (χ3n) is 1.24. The van der Waals surface area contributed by atoms with Crippen LogP contribution in [0.2, 0.25) is 0 Å². The van der Waals surface area contributed by atoms with E-state index in [1.165, 1.54) is 4.80 Å². The molecule has 1 N–H and O–H groups in total. The number of aryl methyl sites for hydroxylation is 1. The molecule has 1 heterocycles. The number of carboxylic acid groups (broad SMARTS) is 1. The lowest BCUT2D eigenvalue weighted by Crippen LogP contribution is -2.07. The number of tetrazole rings is 1. The molecule has 0 aliphatic heterocycles. The van der Waals surface area contributed by atoms with Crippen LogP contribution in [0.4, 0.5) is 0 Å². The summed E-state index contributed by atoms with van der Waals surface area (Å²) in [4.78, 5) is 11.4. The summed E-state index contributed by atoms with van der Waals surface area (Å²) in [6.45, 7) is 3.82. The van der Waals surface area contributed by atoms with Crippen molar-refractivity contribution in [2.45, 2.75) is 19.4 Å². The maximum Gasteiger partial charge on any atom is 0.305 e. The summed E-state index contributed by atoms with van der Waals surface area (Å²) < 4.78 is 0. The number of hydrogen-bond donors (Lipinski definition) is 1. The molecule has 65 valence electrons. The molecule has 0 unspecified atom stereocenters. The predicted molar refractivity (Wildman–Crippen MR) is 39.1 cm³/mol. The Labute approximate surface area is 69.2 Å². The Morgan fingerprint density at radius 3 is 2.92 bits per heavy atom. The molecule has 0 amide bonds. The van der Waals surface area contributed by atoms with Crippen LogP contribution in [-0.2, 0) is 17.8 Å². The number of aromatic nitrogens is 4. The average Bonchev–Trinajstić information content (AvgIpc) is 2.48. The van der Waals surface area contributed by atoms with Gasteiger partial charge in [-0.05, 0) is 12.1 Å². The number of aliphatic carboxylic acids is 1. The van der Waals surface area contributed by atoms with E-state index in [4.69, 9.17) is 5.11 Å². The SMILES string of the molecule is [CH2]Cc1nnn(CCC(=O)O)n1. The maximum absolute atomic E-state index is 10.1. The number of hydrogen-bond acceptors (Lipinski definition) is 4. The van der Waals surface area contributed by atoms with Gasteiger partial charge in [0.05, 0.1) is 13.0 Å². The summed E-state index contributed by atoms with van der Waals surface area (Å²) in [5.41, 5.74) is 0. The molecule has 0 aliphatic rings. The number of carboxylic acids is 1. The summed E-state index contributed by atoms with van der Waals surface area (Å²) >= 11 is 0. The summed E-state index contributed by atoms with van der Waals surface area (Å²) in [6.07, 6.45) is 0.472. The molecule has 0 aliphatic carbocycles. The highest BCUT2D eigenvalue weighted by Crippen LogP contribution is 1.89. The van der Waals surface area contributed by atoms with Crippen LogP contribution < -0.4 is 0 Å². The number of rotatable bonds is 4. The molecule has 1 aromatic rings. The summed E-state index contributed by atoms with van der Waals surface area (Å²) in [5.74, 6) is -0.344. The average molecular weight is 169 g/mol. The van der Waals surface area contributed by atoms with Crippen LogP contribution in [-0.4, -0.2) is 31.3 Å². The molecule has 12 heavy (non-hydrogen) atoms. The lowest BCUT2D eigenvalue weighted by molar-refractivity contribution is -0.137. The number of nitrogens with zero attached hydrogens (tertiary/aromatic N) is 4. The van der Waals surface area contributed by atoms with E-state index in [1.54, 1.807) is 0 Å². The van der Waals surface area contributed by atoms with Crippen molar-refractivity contribution in [3.63, 3.8) is 0 Å². The second-order valence-corrected chi connectivity index (χ2v) is 2.20. The van der Waals surface area contributed by atoms with Crippen LogP contribution in [0.3, 0.4) is 0 Å². The van der Waals surface area contributed by atoms with Crippen molar-refractivity contribution in [1.29, 1.82) is 0 Å². The Kier molecular flexibility index (Phi) is 2.73. The van der Waals surface area contributed by atoms with E-state index in [1.807, 2.05) is 0 Å². The Balaban J connectivity index is 2.47. The van der Waals surface area contributed by atoms with Crippen LogP contribution in [0.1, 0.15) is 12.2 Å². The summed E-state index contributed by atoms with van der Waals surface area (Å²) in [7, 11) is 0. The van der Waals surface area contributed by atoms with Crippen molar-refractivity contribution in [2.75, 3.05) is 0 Å². The zero-order valence-corrected chi connectivity index (χ0v) is 6.47. The van der Waals surface area contributed by atoms with Gasteiger partial charge >= 0.3 is 5.97 Å². The second-order valence-electron chi connectivity index (χ2n) is 2.20. The van der Waals surface area contributed by atoms with Crippen molar-refractivity contribution >= 4 is 5.97 Å². The molecule has 0 saturated carbocycles. The Hall–Kier alpha value is -1.46. The van der Waals surface area contributed by atoms with E-state index in [9.17, 15) is 4.79 Å². The predicted octanol–water partition coefficient (Wildman–Crippen LogP) is -0.476. The molecule has 1 aromatic heterocycles. The number of carbonyl (C=O) groups is 1. The van der Waals surface area contributed by atoms with E-state index >= 15 is 0 Å². The second kappa shape index (κ2) is 3.80. The van der Waals surface area contributed by atoms with Gasteiger partial charge in [-0.1, -0.05) is 0 Å². The van der Waals surface area contributed by atoms with Crippen LogP contribution >= 0.6 is 0 Å². The first-order valence-electron chi connectivity index (χ1n) is 3.50. The zero-order chi connectivity index (χ0) is 8.97. The van der Waals surface area contributed by atoms with Gasteiger partial charge in [-0.2, -0.15) is 4.80 Å². The molecule has 0 saturated heterocycles. The van der Waals surface area contributed by atoms with Gasteiger partial charge in [-0.15, -0.1) is 10.2 Å². The molecule has 0 spiro atoms. The van der Waals surface area contributed by atoms with Gasteiger partial charge in [0.25, 0.3) is 0 Å². The van der Waals surface area contributed by atoms with Crippen molar-refractivity contribution in [3.8, 4) is 0 Å². The molecule has 0 atom stereocenters. The van der Waals surface area contributed by atoms with Crippen molar-refractivity contribution < 1.29 is 9.90 Å². The Bertz CT molecular complexity index is 270. The molecule has 0 bridgehead atoms. The standard InChI is InChI=1S/C6H9N4O2/c1-2-5-7-9-10(8-5)4-3-6(11)12/h1-4H2,(H,11,12). The minimum Gasteiger partial charge on any atom is -0.481 e. The largest absolute Gasteiger partial charge is 0.481 e. The van der Waals surface area contributed by atoms with Crippen LogP contribution in [0.15, 0.2) is 0 Å². The maximum atomic E-state index is 10.1. The quantitative estimate of drug-likeness (QED) is 0.658. The molecule has 1 radical (unpaired) electrons.